The van der Waals surface area contributed by atoms with Crippen LogP contribution in [-0.4, -0.2) is 11.7 Å². The third kappa shape index (κ3) is 5.46. The molecule has 0 spiro atoms. The first kappa shape index (κ1) is 23.3. The predicted octanol–water partition coefficient (Wildman–Crippen LogP) is 5.47. The summed E-state index contributed by atoms with van der Waals surface area (Å²) in [6.07, 6.45) is -5.09. The molecule has 33 heavy (non-hydrogen) atoms. The van der Waals surface area contributed by atoms with Gasteiger partial charge < -0.3 is 4.74 Å². The van der Waals surface area contributed by atoms with Crippen molar-refractivity contribution < 1.29 is 31.9 Å². The molecule has 2 N–H and O–H groups in total. The van der Waals surface area contributed by atoms with Gasteiger partial charge in [-0.2, -0.15) is 18.4 Å². The number of carbonyl (C=O) groups is 2. The second-order valence-corrected chi connectivity index (χ2v) is 6.75. The fraction of sp³-hybridized carbons (Fsp3) is 0.0870. The molecule has 0 bridgehead atoms. The highest BCUT2D eigenvalue weighted by molar-refractivity contribution is 5.95. The maximum absolute atomic E-state index is 14.0. The number of halogens is 4. The number of hydrogen-bond donors (Lipinski definition) is 2. The van der Waals surface area contributed by atoms with Gasteiger partial charge in [0, 0.05) is 11.1 Å². The molecule has 6 nitrogen and oxygen atoms in total. The molecule has 0 fully saturated rings. The van der Waals surface area contributed by atoms with Gasteiger partial charge in [0.05, 0.1) is 11.3 Å². The van der Waals surface area contributed by atoms with E-state index in [1.54, 1.807) is 24.3 Å². The SMILES string of the molecule is CC(=O)c1ccc(Oc2ccc(C(=O)NNc3ccc(C#N)c(F)c3C(F)(F)F)cc2)cc1. The number of nitrogens with zero attached hydrogens (tertiary/aromatic N) is 1. The van der Waals surface area contributed by atoms with Gasteiger partial charge >= 0.3 is 6.18 Å². The van der Waals surface area contributed by atoms with Crippen LogP contribution in [0.4, 0.5) is 23.2 Å². The van der Waals surface area contributed by atoms with Gasteiger partial charge in [-0.05, 0) is 67.6 Å². The van der Waals surface area contributed by atoms with Gasteiger partial charge in [-0.25, -0.2) is 4.39 Å². The Labute approximate surface area is 185 Å². The molecule has 0 heterocycles. The van der Waals surface area contributed by atoms with E-state index < -0.39 is 34.7 Å². The standard InChI is InChI=1S/C23H15F4N3O3/c1-13(31)14-2-7-17(8-3-14)33-18-9-4-15(5-10-18)22(32)30-29-19-11-6-16(12-28)21(24)20(19)23(25,26)27/h2-11,29H,1H3,(H,30,32). The summed E-state index contributed by atoms with van der Waals surface area (Å²) in [4.78, 5) is 23.6. The number of alkyl halides is 3. The normalized spacial score (nSPS) is 10.8. The summed E-state index contributed by atoms with van der Waals surface area (Å²) >= 11 is 0. The molecule has 168 valence electrons. The van der Waals surface area contributed by atoms with E-state index in [0.29, 0.717) is 17.1 Å². The Balaban J connectivity index is 1.69. The van der Waals surface area contributed by atoms with E-state index in [4.69, 9.17) is 10.00 Å². The highest BCUT2D eigenvalue weighted by Gasteiger charge is 2.38. The lowest BCUT2D eigenvalue weighted by atomic mass is 10.1. The number of anilines is 1. The first-order valence-electron chi connectivity index (χ1n) is 9.35. The number of carbonyl (C=O) groups excluding carboxylic acids is 2. The van der Waals surface area contributed by atoms with Gasteiger partial charge in [0.2, 0.25) is 0 Å². The number of nitrogens with one attached hydrogen (secondary N) is 2. The van der Waals surface area contributed by atoms with Crippen LogP contribution in [0, 0.1) is 17.1 Å². The highest BCUT2D eigenvalue weighted by atomic mass is 19.4. The van der Waals surface area contributed by atoms with Crippen molar-refractivity contribution in [1.29, 1.82) is 5.26 Å². The molecule has 0 aliphatic heterocycles. The largest absolute Gasteiger partial charge is 0.457 e. The van der Waals surface area contributed by atoms with Crippen LogP contribution in [0.3, 0.4) is 0 Å². The van der Waals surface area contributed by atoms with Crippen molar-refractivity contribution in [2.75, 3.05) is 5.43 Å². The van der Waals surface area contributed by atoms with Gasteiger partial charge in [0.25, 0.3) is 5.91 Å². The molecule has 3 aromatic carbocycles. The van der Waals surface area contributed by atoms with Crippen molar-refractivity contribution in [3.05, 3.63) is 88.7 Å². The molecule has 0 saturated carbocycles. The van der Waals surface area contributed by atoms with Crippen LogP contribution in [0.2, 0.25) is 0 Å². The van der Waals surface area contributed by atoms with Crippen molar-refractivity contribution >= 4 is 17.4 Å². The molecule has 0 atom stereocenters. The summed E-state index contributed by atoms with van der Waals surface area (Å²) in [6, 6.07) is 15.2. The Morgan fingerprint density at radius 2 is 1.45 bits per heavy atom. The van der Waals surface area contributed by atoms with E-state index in [9.17, 15) is 27.2 Å². The van der Waals surface area contributed by atoms with E-state index in [1.165, 1.54) is 37.3 Å². The molecule has 3 rings (SSSR count). The third-order valence-electron chi connectivity index (χ3n) is 4.47. The second-order valence-electron chi connectivity index (χ2n) is 6.75. The number of hydrogen-bond acceptors (Lipinski definition) is 5. The number of benzene rings is 3. The van der Waals surface area contributed by atoms with E-state index >= 15 is 0 Å². The molecule has 0 aliphatic carbocycles. The lowest BCUT2D eigenvalue weighted by Gasteiger charge is -2.16. The summed E-state index contributed by atoms with van der Waals surface area (Å²) < 4.78 is 59.3. The first-order chi connectivity index (χ1) is 15.6. The van der Waals surface area contributed by atoms with E-state index in [1.807, 2.05) is 0 Å². The minimum atomic E-state index is -5.09. The average Bonchev–Trinajstić information content (AvgIpc) is 2.77. The fourth-order valence-electron chi connectivity index (χ4n) is 2.81. The number of rotatable bonds is 6. The topological polar surface area (TPSA) is 91.2 Å². The number of ketones is 1. The summed E-state index contributed by atoms with van der Waals surface area (Å²) in [6.45, 7) is 1.44. The maximum Gasteiger partial charge on any atom is 0.421 e. The molecule has 1 amide bonds. The molecular weight excluding hydrogens is 442 g/mol. The molecule has 0 radical (unpaired) electrons. The Kier molecular flexibility index (Phi) is 6.63. The Hall–Kier alpha value is -4.39. The lowest BCUT2D eigenvalue weighted by molar-refractivity contribution is -0.139. The number of Topliss-reactive ketones (excluding diaryl/α,β-unsaturated/α-hetero) is 1. The zero-order valence-corrected chi connectivity index (χ0v) is 17.0. The van der Waals surface area contributed by atoms with Crippen molar-refractivity contribution in [2.45, 2.75) is 13.1 Å². The molecule has 0 unspecified atom stereocenters. The lowest BCUT2D eigenvalue weighted by Crippen LogP contribution is -2.31. The van der Waals surface area contributed by atoms with Crippen LogP contribution >= 0.6 is 0 Å². The minimum Gasteiger partial charge on any atom is -0.457 e. The monoisotopic (exact) mass is 457 g/mol. The van der Waals surface area contributed by atoms with Crippen molar-refractivity contribution in [3.8, 4) is 17.6 Å². The van der Waals surface area contributed by atoms with Gasteiger partial charge in [-0.1, -0.05) is 0 Å². The van der Waals surface area contributed by atoms with Gasteiger partial charge in [-0.15, -0.1) is 0 Å². The summed E-state index contributed by atoms with van der Waals surface area (Å²) in [5, 5.41) is 8.74. The maximum atomic E-state index is 14.0. The molecule has 0 aromatic heterocycles. The molecule has 3 aromatic rings. The van der Waals surface area contributed by atoms with Crippen molar-refractivity contribution in [2.24, 2.45) is 0 Å². The summed E-state index contributed by atoms with van der Waals surface area (Å²) in [5.74, 6) is -1.77. The third-order valence-corrected chi connectivity index (χ3v) is 4.47. The average molecular weight is 457 g/mol. The summed E-state index contributed by atoms with van der Waals surface area (Å²) in [7, 11) is 0. The van der Waals surface area contributed by atoms with Gasteiger partial charge in [0.1, 0.15) is 23.1 Å². The zero-order chi connectivity index (χ0) is 24.2. The number of hydrazine groups is 1. The zero-order valence-electron chi connectivity index (χ0n) is 17.0. The Bertz CT molecular complexity index is 1230. The van der Waals surface area contributed by atoms with Crippen LogP contribution in [-0.2, 0) is 6.18 Å². The molecule has 10 heteroatoms. The van der Waals surface area contributed by atoms with Crippen LogP contribution in [0.15, 0.2) is 60.7 Å². The second kappa shape index (κ2) is 9.40. The fourth-order valence-corrected chi connectivity index (χ4v) is 2.81. The predicted molar refractivity (Wildman–Crippen MR) is 110 cm³/mol. The smallest absolute Gasteiger partial charge is 0.421 e. The van der Waals surface area contributed by atoms with Crippen LogP contribution < -0.4 is 15.6 Å². The van der Waals surface area contributed by atoms with Gasteiger partial charge in [-0.3, -0.25) is 20.4 Å². The molecule has 0 aliphatic rings. The van der Waals surface area contributed by atoms with E-state index in [-0.39, 0.29) is 11.3 Å². The van der Waals surface area contributed by atoms with Crippen molar-refractivity contribution in [1.82, 2.24) is 5.43 Å². The van der Waals surface area contributed by atoms with Crippen molar-refractivity contribution in [3.63, 3.8) is 0 Å². The minimum absolute atomic E-state index is 0.0865. The number of ether oxygens (including phenoxy) is 1. The summed E-state index contributed by atoms with van der Waals surface area (Å²) in [5.41, 5.74) is 1.52. The number of nitriles is 1. The van der Waals surface area contributed by atoms with Crippen LogP contribution in [0.1, 0.15) is 38.8 Å². The molecule has 0 saturated heterocycles. The van der Waals surface area contributed by atoms with E-state index in [2.05, 4.69) is 10.9 Å². The highest BCUT2D eigenvalue weighted by Crippen LogP contribution is 2.37. The van der Waals surface area contributed by atoms with Crippen LogP contribution in [0.25, 0.3) is 0 Å². The Morgan fingerprint density at radius 1 is 0.909 bits per heavy atom. The first-order valence-corrected chi connectivity index (χ1v) is 9.35. The van der Waals surface area contributed by atoms with Crippen LogP contribution in [0.5, 0.6) is 11.5 Å². The van der Waals surface area contributed by atoms with E-state index in [0.717, 1.165) is 12.1 Å². The molecular formula is C23H15F4N3O3. The van der Waals surface area contributed by atoms with Gasteiger partial charge in [0.15, 0.2) is 11.6 Å². The quantitative estimate of drug-likeness (QED) is 0.291. The number of amides is 1. The Morgan fingerprint density at radius 3 is 1.94 bits per heavy atom.